The van der Waals surface area contributed by atoms with Gasteiger partial charge in [0.15, 0.2) is 0 Å². The Hall–Kier alpha value is -0.570. The number of amides is 1. The van der Waals surface area contributed by atoms with Crippen LogP contribution in [0.2, 0.25) is 0 Å². The highest BCUT2D eigenvalue weighted by atomic mass is 16.2. The van der Waals surface area contributed by atoms with Crippen molar-refractivity contribution in [3.8, 4) is 0 Å². The van der Waals surface area contributed by atoms with Crippen LogP contribution in [0.15, 0.2) is 0 Å². The van der Waals surface area contributed by atoms with Crippen LogP contribution in [0.4, 0.5) is 0 Å². The molecule has 96 valence electrons. The van der Waals surface area contributed by atoms with Gasteiger partial charge in [-0.05, 0) is 19.3 Å². The summed E-state index contributed by atoms with van der Waals surface area (Å²) in [4.78, 5) is 11.6. The Kier molecular flexibility index (Phi) is 8.26. The second-order valence-electron chi connectivity index (χ2n) is 5.22. The van der Waals surface area contributed by atoms with E-state index in [-0.39, 0.29) is 11.9 Å². The molecule has 0 aromatic heterocycles. The minimum atomic E-state index is -0.0925. The predicted octanol–water partition coefficient (Wildman–Crippen LogP) is 2.32. The van der Waals surface area contributed by atoms with E-state index in [0.717, 1.165) is 18.9 Å². The third kappa shape index (κ3) is 8.72. The van der Waals surface area contributed by atoms with Gasteiger partial charge in [0.1, 0.15) is 0 Å². The van der Waals surface area contributed by atoms with E-state index in [1.807, 2.05) is 20.8 Å². The molecule has 1 amide bonds. The number of carbonyl (C=O) groups excluding carboxylic acids is 1. The van der Waals surface area contributed by atoms with Crippen molar-refractivity contribution in [3.05, 3.63) is 0 Å². The minimum Gasteiger partial charge on any atom is -0.355 e. The van der Waals surface area contributed by atoms with Crippen LogP contribution in [0.25, 0.3) is 0 Å². The average Bonchev–Trinajstić information content (AvgIpc) is 2.15. The lowest BCUT2D eigenvalue weighted by Crippen LogP contribution is -2.45. The first kappa shape index (κ1) is 15.4. The summed E-state index contributed by atoms with van der Waals surface area (Å²) < 4.78 is 0. The predicted molar refractivity (Wildman–Crippen MR) is 69.4 cm³/mol. The number of hydrogen-bond donors (Lipinski definition) is 2. The van der Waals surface area contributed by atoms with Gasteiger partial charge in [-0.1, -0.05) is 40.5 Å². The van der Waals surface area contributed by atoms with Crippen molar-refractivity contribution >= 4 is 5.91 Å². The van der Waals surface area contributed by atoms with Gasteiger partial charge in [0, 0.05) is 12.6 Å². The number of hydrogen-bond acceptors (Lipinski definition) is 2. The van der Waals surface area contributed by atoms with E-state index in [4.69, 9.17) is 0 Å². The average molecular weight is 228 g/mol. The van der Waals surface area contributed by atoms with E-state index in [1.165, 1.54) is 12.8 Å². The molecule has 0 aliphatic carbocycles. The zero-order chi connectivity index (χ0) is 12.6. The summed E-state index contributed by atoms with van der Waals surface area (Å²) >= 11 is 0. The smallest absolute Gasteiger partial charge is 0.236 e. The van der Waals surface area contributed by atoms with Crippen molar-refractivity contribution in [1.29, 1.82) is 0 Å². The monoisotopic (exact) mass is 228 g/mol. The Bertz CT molecular complexity index is 190. The minimum absolute atomic E-state index is 0.0925. The summed E-state index contributed by atoms with van der Waals surface area (Å²) in [5.74, 6) is 0.871. The van der Waals surface area contributed by atoms with Crippen LogP contribution in [-0.4, -0.2) is 24.5 Å². The molecule has 0 rings (SSSR count). The lowest BCUT2D eigenvalue weighted by Gasteiger charge is -2.16. The Labute approximate surface area is 100 Å². The van der Waals surface area contributed by atoms with Crippen LogP contribution in [0.5, 0.6) is 0 Å². The number of unbranched alkanes of at least 4 members (excludes halogenated alkanes) is 1. The summed E-state index contributed by atoms with van der Waals surface area (Å²) in [5.41, 5.74) is 0. The van der Waals surface area contributed by atoms with E-state index in [2.05, 4.69) is 24.5 Å². The van der Waals surface area contributed by atoms with Crippen molar-refractivity contribution in [2.75, 3.05) is 6.54 Å². The first-order chi connectivity index (χ1) is 7.43. The van der Waals surface area contributed by atoms with Crippen molar-refractivity contribution in [1.82, 2.24) is 10.6 Å². The first-order valence-corrected chi connectivity index (χ1v) is 6.47. The van der Waals surface area contributed by atoms with Gasteiger partial charge < -0.3 is 10.6 Å². The molecule has 0 bridgehead atoms. The lowest BCUT2D eigenvalue weighted by molar-refractivity contribution is -0.122. The lowest BCUT2D eigenvalue weighted by atomic mass is 10.1. The standard InChI is InChI=1S/C13H28N2O/c1-10(2)8-6-7-9-14-13(16)12(5)15-11(3)4/h10-12,15H,6-9H2,1-5H3,(H,14,16)/t12-/m0/s1. The Morgan fingerprint density at radius 3 is 2.19 bits per heavy atom. The van der Waals surface area contributed by atoms with Crippen molar-refractivity contribution in [2.45, 2.75) is 66.0 Å². The van der Waals surface area contributed by atoms with Gasteiger partial charge >= 0.3 is 0 Å². The van der Waals surface area contributed by atoms with Crippen LogP contribution < -0.4 is 10.6 Å². The highest BCUT2D eigenvalue weighted by molar-refractivity contribution is 5.81. The number of carbonyl (C=O) groups is 1. The van der Waals surface area contributed by atoms with E-state index in [1.54, 1.807) is 0 Å². The number of nitrogens with one attached hydrogen (secondary N) is 2. The Morgan fingerprint density at radius 2 is 1.69 bits per heavy atom. The highest BCUT2D eigenvalue weighted by Gasteiger charge is 2.12. The van der Waals surface area contributed by atoms with Crippen molar-refractivity contribution in [3.63, 3.8) is 0 Å². The Balaban J connectivity index is 3.50. The zero-order valence-electron chi connectivity index (χ0n) is 11.5. The van der Waals surface area contributed by atoms with Gasteiger partial charge in [-0.2, -0.15) is 0 Å². The summed E-state index contributed by atoms with van der Waals surface area (Å²) in [6.07, 6.45) is 3.53. The first-order valence-electron chi connectivity index (χ1n) is 6.47. The molecule has 0 aliphatic heterocycles. The second-order valence-corrected chi connectivity index (χ2v) is 5.22. The molecule has 0 radical (unpaired) electrons. The fraction of sp³-hybridized carbons (Fsp3) is 0.923. The SMILES string of the molecule is CC(C)CCCCNC(=O)[C@H](C)NC(C)C. The summed E-state index contributed by atoms with van der Waals surface area (Å²) in [7, 11) is 0. The quantitative estimate of drug-likeness (QED) is 0.626. The molecule has 3 nitrogen and oxygen atoms in total. The maximum absolute atomic E-state index is 11.6. The molecule has 0 aliphatic rings. The topological polar surface area (TPSA) is 41.1 Å². The molecular formula is C13H28N2O. The molecule has 0 spiro atoms. The molecule has 0 heterocycles. The van der Waals surface area contributed by atoms with Crippen LogP contribution in [0.3, 0.4) is 0 Å². The van der Waals surface area contributed by atoms with E-state index in [9.17, 15) is 4.79 Å². The molecule has 0 fully saturated rings. The zero-order valence-corrected chi connectivity index (χ0v) is 11.5. The fourth-order valence-electron chi connectivity index (χ4n) is 1.62. The molecule has 16 heavy (non-hydrogen) atoms. The van der Waals surface area contributed by atoms with Crippen LogP contribution in [-0.2, 0) is 4.79 Å². The molecule has 3 heteroatoms. The van der Waals surface area contributed by atoms with Gasteiger partial charge in [0.25, 0.3) is 0 Å². The molecule has 0 saturated heterocycles. The fourth-order valence-corrected chi connectivity index (χ4v) is 1.62. The summed E-state index contributed by atoms with van der Waals surface area (Å²) in [6, 6.07) is 0.256. The van der Waals surface area contributed by atoms with Gasteiger partial charge in [0.05, 0.1) is 6.04 Å². The van der Waals surface area contributed by atoms with E-state index in [0.29, 0.717) is 6.04 Å². The Morgan fingerprint density at radius 1 is 1.06 bits per heavy atom. The molecule has 0 aromatic carbocycles. The van der Waals surface area contributed by atoms with Crippen LogP contribution in [0, 0.1) is 5.92 Å². The molecular weight excluding hydrogens is 200 g/mol. The summed E-state index contributed by atoms with van der Waals surface area (Å²) in [6.45, 7) is 11.3. The van der Waals surface area contributed by atoms with Crippen molar-refractivity contribution in [2.24, 2.45) is 5.92 Å². The largest absolute Gasteiger partial charge is 0.355 e. The molecule has 0 unspecified atom stereocenters. The maximum Gasteiger partial charge on any atom is 0.236 e. The normalized spacial score (nSPS) is 13.2. The maximum atomic E-state index is 11.6. The van der Waals surface area contributed by atoms with E-state index >= 15 is 0 Å². The second kappa shape index (κ2) is 8.57. The molecule has 0 saturated carbocycles. The molecule has 0 aromatic rings. The third-order valence-corrected chi connectivity index (χ3v) is 2.48. The summed E-state index contributed by atoms with van der Waals surface area (Å²) in [5, 5.41) is 6.15. The van der Waals surface area contributed by atoms with Crippen LogP contribution in [0.1, 0.15) is 53.9 Å². The van der Waals surface area contributed by atoms with Gasteiger partial charge in [-0.3, -0.25) is 4.79 Å². The van der Waals surface area contributed by atoms with Gasteiger partial charge in [0.2, 0.25) is 5.91 Å². The van der Waals surface area contributed by atoms with Gasteiger partial charge in [-0.15, -0.1) is 0 Å². The van der Waals surface area contributed by atoms with E-state index < -0.39 is 0 Å². The highest BCUT2D eigenvalue weighted by Crippen LogP contribution is 2.05. The van der Waals surface area contributed by atoms with Gasteiger partial charge in [-0.25, -0.2) is 0 Å². The third-order valence-electron chi connectivity index (χ3n) is 2.48. The molecule has 1 atom stereocenters. The molecule has 2 N–H and O–H groups in total. The van der Waals surface area contributed by atoms with Crippen molar-refractivity contribution < 1.29 is 4.79 Å². The van der Waals surface area contributed by atoms with Crippen LogP contribution >= 0.6 is 0 Å². The number of rotatable bonds is 8.